The minimum absolute atomic E-state index is 0.915. The Bertz CT molecular complexity index is 287. The number of nitrogens with zero attached hydrogens (tertiary/aromatic N) is 2. The van der Waals surface area contributed by atoms with Crippen LogP contribution in [0.1, 0.15) is 47.2 Å². The molecule has 0 aliphatic carbocycles. The third-order valence-corrected chi connectivity index (χ3v) is 1.47. The first kappa shape index (κ1) is 17.0. The quantitative estimate of drug-likeness (QED) is 0.669. The SMILES string of the molecule is CC.CC.CC=N/C(=C\C)c1ccccn1. The van der Waals surface area contributed by atoms with E-state index in [9.17, 15) is 0 Å². The van der Waals surface area contributed by atoms with Crippen LogP contribution in [0.5, 0.6) is 0 Å². The van der Waals surface area contributed by atoms with Crippen molar-refractivity contribution in [2.45, 2.75) is 41.5 Å². The first-order valence-corrected chi connectivity index (χ1v) is 5.95. The normalized spacial score (nSPS) is 10.0. The van der Waals surface area contributed by atoms with Crippen molar-refractivity contribution in [3.63, 3.8) is 0 Å². The molecular formula is C14H24N2. The zero-order valence-electron chi connectivity index (χ0n) is 11.4. The molecule has 0 unspecified atom stereocenters. The number of aliphatic imine (C=N–C) groups is 1. The summed E-state index contributed by atoms with van der Waals surface area (Å²) in [5, 5.41) is 0. The molecule has 16 heavy (non-hydrogen) atoms. The molecule has 0 aliphatic rings. The van der Waals surface area contributed by atoms with E-state index in [0.717, 1.165) is 11.4 Å². The summed E-state index contributed by atoms with van der Waals surface area (Å²) < 4.78 is 0. The van der Waals surface area contributed by atoms with Gasteiger partial charge in [-0.2, -0.15) is 0 Å². The van der Waals surface area contributed by atoms with Crippen molar-refractivity contribution >= 4 is 11.9 Å². The van der Waals surface area contributed by atoms with Crippen molar-refractivity contribution in [3.05, 3.63) is 36.2 Å². The van der Waals surface area contributed by atoms with Gasteiger partial charge in [0.1, 0.15) is 0 Å². The van der Waals surface area contributed by atoms with Gasteiger partial charge in [0.2, 0.25) is 0 Å². The third kappa shape index (κ3) is 6.93. The fraction of sp³-hybridized carbons (Fsp3) is 0.429. The summed E-state index contributed by atoms with van der Waals surface area (Å²) in [6, 6.07) is 5.80. The average Bonchev–Trinajstić information content (AvgIpc) is 2.41. The van der Waals surface area contributed by atoms with Crippen LogP contribution in [0.25, 0.3) is 5.70 Å². The lowest BCUT2D eigenvalue weighted by molar-refractivity contribution is 1.25. The molecular weight excluding hydrogens is 196 g/mol. The predicted octanol–water partition coefficient (Wildman–Crippen LogP) is 4.59. The first-order valence-electron chi connectivity index (χ1n) is 5.95. The molecule has 0 spiro atoms. The molecule has 0 bridgehead atoms. The van der Waals surface area contributed by atoms with Gasteiger partial charge in [0.25, 0.3) is 0 Å². The number of pyridine rings is 1. The summed E-state index contributed by atoms with van der Waals surface area (Å²) in [5.74, 6) is 0. The third-order valence-electron chi connectivity index (χ3n) is 1.47. The molecule has 0 N–H and O–H groups in total. The highest BCUT2D eigenvalue weighted by atomic mass is 14.8. The van der Waals surface area contributed by atoms with Gasteiger partial charge in [-0.05, 0) is 26.0 Å². The lowest BCUT2D eigenvalue weighted by Gasteiger charge is -1.97. The zero-order valence-corrected chi connectivity index (χ0v) is 11.4. The van der Waals surface area contributed by atoms with E-state index >= 15 is 0 Å². The second-order valence-electron chi connectivity index (χ2n) is 2.28. The number of hydrogen-bond acceptors (Lipinski definition) is 2. The van der Waals surface area contributed by atoms with Crippen molar-refractivity contribution in [3.8, 4) is 0 Å². The maximum atomic E-state index is 4.19. The van der Waals surface area contributed by atoms with Gasteiger partial charge >= 0.3 is 0 Å². The smallest absolute Gasteiger partial charge is 0.0882 e. The highest BCUT2D eigenvalue weighted by Crippen LogP contribution is 2.10. The van der Waals surface area contributed by atoms with Gasteiger partial charge in [0.05, 0.1) is 11.4 Å². The molecule has 90 valence electrons. The summed E-state index contributed by atoms with van der Waals surface area (Å²) in [6.07, 6.45) is 5.48. The van der Waals surface area contributed by atoms with E-state index in [2.05, 4.69) is 9.98 Å². The second-order valence-corrected chi connectivity index (χ2v) is 2.28. The molecule has 0 aliphatic heterocycles. The van der Waals surface area contributed by atoms with E-state index in [1.165, 1.54) is 0 Å². The lowest BCUT2D eigenvalue weighted by atomic mass is 10.3. The van der Waals surface area contributed by atoms with Gasteiger partial charge in [-0.1, -0.05) is 39.8 Å². The summed E-state index contributed by atoms with van der Waals surface area (Å²) >= 11 is 0. The molecule has 0 saturated heterocycles. The maximum absolute atomic E-state index is 4.19. The van der Waals surface area contributed by atoms with Crippen molar-refractivity contribution in [2.24, 2.45) is 4.99 Å². The average molecular weight is 220 g/mol. The minimum atomic E-state index is 0.915. The zero-order chi connectivity index (χ0) is 12.8. The van der Waals surface area contributed by atoms with Gasteiger partial charge < -0.3 is 0 Å². The van der Waals surface area contributed by atoms with Crippen molar-refractivity contribution in [1.82, 2.24) is 4.98 Å². The van der Waals surface area contributed by atoms with Crippen LogP contribution in [0.15, 0.2) is 35.5 Å². The number of hydrogen-bond donors (Lipinski definition) is 0. The fourth-order valence-corrected chi connectivity index (χ4v) is 0.942. The predicted molar refractivity (Wildman–Crippen MR) is 74.8 cm³/mol. The molecule has 2 nitrogen and oxygen atoms in total. The molecule has 0 amide bonds. The van der Waals surface area contributed by atoms with Crippen LogP contribution in [0.3, 0.4) is 0 Å². The van der Waals surface area contributed by atoms with Crippen molar-refractivity contribution in [1.29, 1.82) is 0 Å². The Morgan fingerprint density at radius 3 is 2.12 bits per heavy atom. The summed E-state index contributed by atoms with van der Waals surface area (Å²) in [7, 11) is 0. The van der Waals surface area contributed by atoms with Gasteiger partial charge in [-0.25, -0.2) is 0 Å². The van der Waals surface area contributed by atoms with Crippen LogP contribution in [0.2, 0.25) is 0 Å². The monoisotopic (exact) mass is 220 g/mol. The molecule has 0 radical (unpaired) electrons. The van der Waals surface area contributed by atoms with Gasteiger partial charge in [0, 0.05) is 12.4 Å². The molecule has 0 aromatic carbocycles. The summed E-state index contributed by atoms with van der Waals surface area (Å²) in [5.41, 5.74) is 1.83. The van der Waals surface area contributed by atoms with Crippen LogP contribution in [0, 0.1) is 0 Å². The van der Waals surface area contributed by atoms with Gasteiger partial charge in [-0.15, -0.1) is 0 Å². The van der Waals surface area contributed by atoms with E-state index in [4.69, 9.17) is 0 Å². The number of aromatic nitrogens is 1. The maximum Gasteiger partial charge on any atom is 0.0882 e. The Balaban J connectivity index is 0. The topological polar surface area (TPSA) is 25.2 Å². The first-order chi connectivity index (χ1) is 7.88. The summed E-state index contributed by atoms with van der Waals surface area (Å²) in [6.45, 7) is 11.9. The van der Waals surface area contributed by atoms with E-state index in [-0.39, 0.29) is 0 Å². The molecule has 1 aromatic rings. The van der Waals surface area contributed by atoms with Gasteiger partial charge in [0.15, 0.2) is 0 Å². The van der Waals surface area contributed by atoms with E-state index < -0.39 is 0 Å². The molecule has 0 atom stereocenters. The summed E-state index contributed by atoms with van der Waals surface area (Å²) in [4.78, 5) is 8.37. The molecule has 0 fully saturated rings. The van der Waals surface area contributed by atoms with Crippen molar-refractivity contribution < 1.29 is 0 Å². The Labute approximate surface area is 100 Å². The van der Waals surface area contributed by atoms with E-state index in [1.54, 1.807) is 12.4 Å². The molecule has 0 saturated carbocycles. The molecule has 1 aromatic heterocycles. The fourth-order valence-electron chi connectivity index (χ4n) is 0.942. The molecule has 2 heteroatoms. The van der Waals surface area contributed by atoms with E-state index in [0.29, 0.717) is 0 Å². The Kier molecular flexibility index (Phi) is 14.4. The Hall–Kier alpha value is -1.44. The molecule has 1 rings (SSSR count). The van der Waals surface area contributed by atoms with Crippen LogP contribution >= 0.6 is 0 Å². The van der Waals surface area contributed by atoms with E-state index in [1.807, 2.05) is 65.8 Å². The minimum Gasteiger partial charge on any atom is -0.260 e. The largest absolute Gasteiger partial charge is 0.260 e. The number of rotatable bonds is 2. The van der Waals surface area contributed by atoms with Crippen LogP contribution in [-0.2, 0) is 0 Å². The molecule has 1 heterocycles. The Morgan fingerprint density at radius 2 is 1.75 bits per heavy atom. The lowest BCUT2D eigenvalue weighted by Crippen LogP contribution is -1.84. The second kappa shape index (κ2) is 13.6. The van der Waals surface area contributed by atoms with Crippen LogP contribution in [0.4, 0.5) is 0 Å². The highest BCUT2D eigenvalue weighted by molar-refractivity contribution is 5.70. The van der Waals surface area contributed by atoms with Crippen molar-refractivity contribution in [2.75, 3.05) is 0 Å². The highest BCUT2D eigenvalue weighted by Gasteiger charge is 1.95. The van der Waals surface area contributed by atoms with Crippen LogP contribution in [-0.4, -0.2) is 11.2 Å². The van der Waals surface area contributed by atoms with Gasteiger partial charge in [-0.3, -0.25) is 9.98 Å². The number of allylic oxidation sites excluding steroid dienone is 1. The Morgan fingerprint density at radius 1 is 1.12 bits per heavy atom. The standard InChI is InChI=1S/C10H12N2.2C2H6/c1-3-9(11-4-2)10-7-5-6-8-12-10;2*1-2/h3-8H,1-2H3;2*1-2H3/b9-3-,11-4?;;. The van der Waals surface area contributed by atoms with Crippen LogP contribution < -0.4 is 0 Å².